The Morgan fingerprint density at radius 1 is 1.36 bits per heavy atom. The third-order valence-electron chi connectivity index (χ3n) is 2.01. The minimum atomic E-state index is -0.0163. The molecular weight excluding hydrogens is 142 g/mol. The van der Waals surface area contributed by atoms with E-state index >= 15 is 0 Å². The van der Waals surface area contributed by atoms with Crippen molar-refractivity contribution in [3.05, 3.63) is 0 Å². The lowest BCUT2D eigenvalue weighted by molar-refractivity contribution is -0.898. The van der Waals surface area contributed by atoms with E-state index in [2.05, 4.69) is 32.0 Å². The van der Waals surface area contributed by atoms with Crippen molar-refractivity contribution in [2.24, 2.45) is 0 Å². The van der Waals surface area contributed by atoms with Gasteiger partial charge < -0.3 is 9.28 Å². The van der Waals surface area contributed by atoms with Crippen LogP contribution in [-0.4, -0.2) is 44.1 Å². The van der Waals surface area contributed by atoms with E-state index < -0.39 is 0 Å². The summed E-state index contributed by atoms with van der Waals surface area (Å²) in [6, 6.07) is -0.0163. The first-order valence-electron chi connectivity index (χ1n) is 3.81. The van der Waals surface area contributed by atoms with Gasteiger partial charge in [0.2, 0.25) is 0 Å². The van der Waals surface area contributed by atoms with E-state index in [4.69, 9.17) is 0 Å². The number of aldehydes is 1. The first-order valence-corrected chi connectivity index (χ1v) is 3.81. The van der Waals surface area contributed by atoms with Gasteiger partial charge >= 0.3 is 0 Å². The highest BCUT2D eigenvalue weighted by atomic mass is 16.1. The Kier molecular flexibility index (Phi) is 2.27. The number of carbonyl (C=O) groups is 1. The summed E-state index contributed by atoms with van der Waals surface area (Å²) in [4.78, 5) is 10.4. The average Bonchev–Trinajstić information content (AvgIpc) is 2.32. The normalized spacial score (nSPS) is 32.3. The largest absolute Gasteiger partial charge is 0.315 e. The minimum absolute atomic E-state index is 0.0163. The highest BCUT2D eigenvalue weighted by molar-refractivity contribution is 5.57. The number of nitrogens with one attached hydrogen (secondary N) is 2. The molecule has 0 radical (unpaired) electrons. The summed E-state index contributed by atoms with van der Waals surface area (Å²) in [5.41, 5.74) is 6.02. The van der Waals surface area contributed by atoms with E-state index in [1.54, 1.807) is 0 Å². The van der Waals surface area contributed by atoms with Crippen LogP contribution in [-0.2, 0) is 4.79 Å². The predicted octanol–water partition coefficient (Wildman–Crippen LogP) is -0.916. The maximum absolute atomic E-state index is 10.4. The molecule has 0 aromatic carbocycles. The summed E-state index contributed by atoms with van der Waals surface area (Å²) in [6.45, 7) is 0. The highest BCUT2D eigenvalue weighted by Gasteiger charge is 2.32. The lowest BCUT2D eigenvalue weighted by Crippen LogP contribution is -2.52. The SMILES string of the molecule is C[N+](C)(C)C1CC(C=O)NN1. The van der Waals surface area contributed by atoms with Crippen LogP contribution in [0.5, 0.6) is 0 Å². The van der Waals surface area contributed by atoms with Crippen LogP contribution >= 0.6 is 0 Å². The van der Waals surface area contributed by atoms with E-state index in [0.717, 1.165) is 17.2 Å². The Balaban J connectivity index is 2.48. The summed E-state index contributed by atoms with van der Waals surface area (Å²) in [5.74, 6) is 0. The van der Waals surface area contributed by atoms with Crippen molar-refractivity contribution in [3.63, 3.8) is 0 Å². The lowest BCUT2D eigenvalue weighted by Gasteiger charge is -2.30. The standard InChI is InChI=1S/C7H16N3O/c1-10(2,3)7-4-6(5-11)8-9-7/h5-9H,4H2,1-3H3/q+1. The molecule has 1 aliphatic rings. The smallest absolute Gasteiger partial charge is 0.156 e. The second kappa shape index (κ2) is 2.89. The van der Waals surface area contributed by atoms with Gasteiger partial charge in [-0.15, -0.1) is 0 Å². The molecule has 0 bridgehead atoms. The molecule has 64 valence electrons. The minimum Gasteiger partial charge on any atom is -0.315 e. The fraction of sp³-hybridized carbons (Fsp3) is 0.857. The van der Waals surface area contributed by atoms with Crippen LogP contribution in [0.15, 0.2) is 0 Å². The molecule has 0 aromatic heterocycles. The molecule has 2 atom stereocenters. The Bertz CT molecular complexity index is 152. The molecule has 0 aromatic rings. The quantitative estimate of drug-likeness (QED) is 0.403. The van der Waals surface area contributed by atoms with Crippen molar-refractivity contribution < 1.29 is 9.28 Å². The van der Waals surface area contributed by atoms with Crippen LogP contribution < -0.4 is 10.9 Å². The zero-order valence-corrected chi connectivity index (χ0v) is 7.29. The van der Waals surface area contributed by atoms with E-state index in [0.29, 0.717) is 6.17 Å². The monoisotopic (exact) mass is 158 g/mol. The second-order valence-corrected chi connectivity index (χ2v) is 3.90. The van der Waals surface area contributed by atoms with Gasteiger partial charge in [0.15, 0.2) is 6.17 Å². The van der Waals surface area contributed by atoms with Gasteiger partial charge in [-0.3, -0.25) is 0 Å². The van der Waals surface area contributed by atoms with Crippen LogP contribution in [0, 0.1) is 0 Å². The van der Waals surface area contributed by atoms with Crippen molar-refractivity contribution in [1.29, 1.82) is 0 Å². The molecule has 0 saturated carbocycles. The van der Waals surface area contributed by atoms with Gasteiger partial charge in [-0.2, -0.15) is 0 Å². The molecule has 11 heavy (non-hydrogen) atoms. The maximum Gasteiger partial charge on any atom is 0.156 e. The predicted molar refractivity (Wildman–Crippen MR) is 42.6 cm³/mol. The Morgan fingerprint density at radius 3 is 2.27 bits per heavy atom. The van der Waals surface area contributed by atoms with Crippen molar-refractivity contribution in [2.45, 2.75) is 18.6 Å². The van der Waals surface area contributed by atoms with Gasteiger partial charge in [-0.05, 0) is 0 Å². The van der Waals surface area contributed by atoms with Crippen molar-refractivity contribution in [1.82, 2.24) is 10.9 Å². The van der Waals surface area contributed by atoms with Crippen LogP contribution in [0.2, 0.25) is 0 Å². The Hall–Kier alpha value is -0.450. The molecule has 1 rings (SSSR count). The molecule has 2 unspecified atom stereocenters. The first-order chi connectivity index (χ1) is 5.04. The molecule has 1 aliphatic heterocycles. The molecule has 4 heteroatoms. The van der Waals surface area contributed by atoms with Crippen molar-refractivity contribution >= 4 is 6.29 Å². The van der Waals surface area contributed by atoms with E-state index in [1.807, 2.05) is 0 Å². The van der Waals surface area contributed by atoms with Crippen LogP contribution in [0.1, 0.15) is 6.42 Å². The van der Waals surface area contributed by atoms with Gasteiger partial charge in [-0.25, -0.2) is 10.9 Å². The summed E-state index contributed by atoms with van der Waals surface area (Å²) in [6.07, 6.45) is 2.15. The number of hydrazine groups is 1. The number of nitrogens with zero attached hydrogens (tertiary/aromatic N) is 1. The van der Waals surface area contributed by atoms with Gasteiger partial charge in [0, 0.05) is 6.42 Å². The first kappa shape index (κ1) is 8.64. The van der Waals surface area contributed by atoms with Crippen molar-refractivity contribution in [3.8, 4) is 0 Å². The summed E-state index contributed by atoms with van der Waals surface area (Å²) < 4.78 is 0.831. The molecular formula is C7H16N3O+. The summed E-state index contributed by atoms with van der Waals surface area (Å²) in [5, 5.41) is 0. The molecule has 2 N–H and O–H groups in total. The summed E-state index contributed by atoms with van der Waals surface area (Å²) in [7, 11) is 6.31. The average molecular weight is 158 g/mol. The van der Waals surface area contributed by atoms with E-state index in [1.165, 1.54) is 0 Å². The number of hydrogen-bond acceptors (Lipinski definition) is 3. The molecule has 4 nitrogen and oxygen atoms in total. The Labute approximate surface area is 67.1 Å². The topological polar surface area (TPSA) is 41.1 Å². The molecule has 0 amide bonds. The number of hydrogen-bond donors (Lipinski definition) is 2. The molecule has 1 heterocycles. The maximum atomic E-state index is 10.4. The number of quaternary nitrogens is 1. The van der Waals surface area contributed by atoms with Crippen molar-refractivity contribution in [2.75, 3.05) is 21.1 Å². The van der Waals surface area contributed by atoms with E-state index in [-0.39, 0.29) is 6.04 Å². The van der Waals surface area contributed by atoms with Gasteiger partial charge in [0.1, 0.15) is 6.29 Å². The van der Waals surface area contributed by atoms with Gasteiger partial charge in [0.25, 0.3) is 0 Å². The van der Waals surface area contributed by atoms with Gasteiger partial charge in [0.05, 0.1) is 27.2 Å². The molecule has 0 aliphatic carbocycles. The zero-order valence-electron chi connectivity index (χ0n) is 7.29. The molecule has 1 fully saturated rings. The fourth-order valence-corrected chi connectivity index (χ4v) is 1.16. The van der Waals surface area contributed by atoms with E-state index in [9.17, 15) is 4.79 Å². The van der Waals surface area contributed by atoms with Crippen LogP contribution in [0.4, 0.5) is 0 Å². The third kappa shape index (κ3) is 1.99. The molecule has 1 saturated heterocycles. The second-order valence-electron chi connectivity index (χ2n) is 3.90. The third-order valence-corrected chi connectivity index (χ3v) is 2.01. The Morgan fingerprint density at radius 2 is 2.00 bits per heavy atom. The number of rotatable bonds is 2. The lowest BCUT2D eigenvalue weighted by atomic mass is 10.2. The highest BCUT2D eigenvalue weighted by Crippen LogP contribution is 2.10. The summed E-state index contributed by atoms with van der Waals surface area (Å²) >= 11 is 0. The van der Waals surface area contributed by atoms with Crippen LogP contribution in [0.25, 0.3) is 0 Å². The molecule has 0 spiro atoms. The van der Waals surface area contributed by atoms with Gasteiger partial charge in [-0.1, -0.05) is 0 Å². The van der Waals surface area contributed by atoms with Crippen LogP contribution in [0.3, 0.4) is 0 Å². The number of carbonyl (C=O) groups excluding carboxylic acids is 1. The fourth-order valence-electron chi connectivity index (χ4n) is 1.16. The zero-order chi connectivity index (χ0) is 8.48.